The molecule has 0 saturated carbocycles. The Morgan fingerprint density at radius 3 is 2.22 bits per heavy atom. The smallest absolute Gasteiger partial charge is 0.433 e. The van der Waals surface area contributed by atoms with Crippen LogP contribution in [0.3, 0.4) is 0 Å². The van der Waals surface area contributed by atoms with Crippen LogP contribution in [0.2, 0.25) is 0 Å². The van der Waals surface area contributed by atoms with Gasteiger partial charge in [0, 0.05) is 19.0 Å². The summed E-state index contributed by atoms with van der Waals surface area (Å²) in [5.74, 6) is -0.308. The maximum atomic E-state index is 13.9. The fourth-order valence-corrected chi connectivity index (χ4v) is 5.44. The van der Waals surface area contributed by atoms with E-state index >= 15 is 0 Å². The summed E-state index contributed by atoms with van der Waals surface area (Å²) in [6, 6.07) is 0.652. The van der Waals surface area contributed by atoms with Crippen molar-refractivity contribution in [3.05, 3.63) is 58.4 Å². The molecule has 0 spiro atoms. The van der Waals surface area contributed by atoms with E-state index in [2.05, 4.69) is 20.4 Å². The number of carbonyl (C=O) groups excluding carboxylic acids is 1. The van der Waals surface area contributed by atoms with Gasteiger partial charge in [-0.3, -0.25) is 4.90 Å². The molecule has 1 saturated heterocycles. The monoisotopic (exact) mass is 667 g/mol. The van der Waals surface area contributed by atoms with E-state index in [4.69, 9.17) is 9.47 Å². The predicted octanol–water partition coefficient (Wildman–Crippen LogP) is 6.32. The van der Waals surface area contributed by atoms with E-state index in [0.29, 0.717) is 31.2 Å². The maximum Gasteiger partial charge on any atom is 0.433 e. The number of anilines is 2. The van der Waals surface area contributed by atoms with Gasteiger partial charge in [0.15, 0.2) is 0 Å². The molecule has 2 aliphatic rings. The molecule has 0 bridgehead atoms. The Bertz CT molecular complexity index is 1540. The number of hydrogen-bond acceptors (Lipinski definition) is 8. The predicted molar refractivity (Wildman–Crippen MR) is 140 cm³/mol. The highest BCUT2D eigenvalue weighted by molar-refractivity contribution is 5.90. The number of alkyl halides is 9. The number of nitrogens with zero attached hydrogens (tertiary/aromatic N) is 7. The summed E-state index contributed by atoms with van der Waals surface area (Å²) in [5, 5.41) is 11.6. The number of fused-ring (bicyclic) bond motifs is 1. The molecule has 5 rings (SSSR count). The molecule has 2 aliphatic heterocycles. The first-order valence-electron chi connectivity index (χ1n) is 13.9. The molecular weight excluding hydrogens is 641 g/mol. The Morgan fingerprint density at radius 2 is 1.70 bits per heavy atom. The summed E-state index contributed by atoms with van der Waals surface area (Å²) >= 11 is 0. The second-order valence-electron chi connectivity index (χ2n) is 10.8. The minimum Gasteiger partial charge on any atom is -0.443 e. The fourth-order valence-electron chi connectivity index (χ4n) is 5.44. The Labute approximate surface area is 255 Å². The fraction of sp³-hybridized carbons (Fsp3) is 0.519. The summed E-state index contributed by atoms with van der Waals surface area (Å²) in [7, 11) is 1.34. The van der Waals surface area contributed by atoms with Crippen LogP contribution in [0.1, 0.15) is 60.3 Å². The zero-order valence-electron chi connectivity index (χ0n) is 24.1. The van der Waals surface area contributed by atoms with Crippen molar-refractivity contribution in [2.75, 3.05) is 23.0 Å². The molecule has 1 fully saturated rings. The molecule has 19 heteroatoms. The van der Waals surface area contributed by atoms with E-state index in [1.54, 1.807) is 6.92 Å². The largest absolute Gasteiger partial charge is 0.443 e. The molecule has 1 amide bonds. The van der Waals surface area contributed by atoms with Crippen LogP contribution in [0.25, 0.3) is 0 Å². The van der Waals surface area contributed by atoms with E-state index < -0.39 is 71.7 Å². The van der Waals surface area contributed by atoms with Gasteiger partial charge in [0.2, 0.25) is 0 Å². The molecule has 0 radical (unpaired) electrons. The van der Waals surface area contributed by atoms with Crippen molar-refractivity contribution in [2.45, 2.75) is 69.4 Å². The van der Waals surface area contributed by atoms with Gasteiger partial charge in [0.05, 0.1) is 48.8 Å². The topological polar surface area (TPSA) is 98.5 Å². The number of halogens is 9. The molecule has 0 aliphatic carbocycles. The Kier molecular flexibility index (Phi) is 8.82. The van der Waals surface area contributed by atoms with Crippen LogP contribution in [0, 0.1) is 0 Å². The van der Waals surface area contributed by atoms with Crippen LogP contribution in [-0.2, 0) is 41.6 Å². The second-order valence-corrected chi connectivity index (χ2v) is 10.8. The molecule has 3 atom stereocenters. The summed E-state index contributed by atoms with van der Waals surface area (Å²) in [6.45, 7) is 1.44. The van der Waals surface area contributed by atoms with Crippen molar-refractivity contribution in [2.24, 2.45) is 7.05 Å². The number of pyridine rings is 1. The lowest BCUT2D eigenvalue weighted by molar-refractivity contribution is -0.143. The van der Waals surface area contributed by atoms with Crippen LogP contribution >= 0.6 is 0 Å². The first-order chi connectivity index (χ1) is 21.5. The molecule has 4 heterocycles. The van der Waals surface area contributed by atoms with Crippen LogP contribution < -0.4 is 9.80 Å². The van der Waals surface area contributed by atoms with Crippen molar-refractivity contribution in [3.8, 4) is 0 Å². The number of carbonyl (C=O) groups is 1. The van der Waals surface area contributed by atoms with Crippen molar-refractivity contribution >= 4 is 17.7 Å². The maximum absolute atomic E-state index is 13.9. The van der Waals surface area contributed by atoms with Gasteiger partial charge < -0.3 is 14.4 Å². The molecule has 1 aromatic carbocycles. The normalized spacial score (nSPS) is 20.5. The Balaban J connectivity index is 1.65. The molecule has 0 N–H and O–H groups in total. The summed E-state index contributed by atoms with van der Waals surface area (Å²) in [6.07, 6.45) is -16.2. The Morgan fingerprint density at radius 1 is 1.02 bits per heavy atom. The van der Waals surface area contributed by atoms with E-state index in [0.717, 1.165) is 20.7 Å². The van der Waals surface area contributed by atoms with Crippen molar-refractivity contribution in [3.63, 3.8) is 0 Å². The number of amides is 1. The number of benzene rings is 1. The van der Waals surface area contributed by atoms with E-state index in [1.807, 2.05) is 0 Å². The number of hydrogen-bond donors (Lipinski definition) is 0. The number of aryl methyl sites for hydroxylation is 1. The first-order valence-corrected chi connectivity index (χ1v) is 13.9. The van der Waals surface area contributed by atoms with Gasteiger partial charge in [0.1, 0.15) is 11.8 Å². The molecule has 3 aromatic rings. The van der Waals surface area contributed by atoms with Gasteiger partial charge >= 0.3 is 24.6 Å². The quantitative estimate of drug-likeness (QED) is 0.282. The van der Waals surface area contributed by atoms with Gasteiger partial charge in [-0.05, 0) is 54.0 Å². The first kappa shape index (κ1) is 33.2. The van der Waals surface area contributed by atoms with Crippen LogP contribution in [0.5, 0.6) is 0 Å². The molecule has 3 unspecified atom stereocenters. The third kappa shape index (κ3) is 6.97. The van der Waals surface area contributed by atoms with E-state index in [9.17, 15) is 44.3 Å². The third-order valence-electron chi connectivity index (χ3n) is 7.58. The van der Waals surface area contributed by atoms with Crippen LogP contribution in [0.15, 0.2) is 30.3 Å². The van der Waals surface area contributed by atoms with Crippen molar-refractivity contribution in [1.29, 1.82) is 0 Å². The average molecular weight is 668 g/mol. The molecule has 2 aromatic heterocycles. The minimum absolute atomic E-state index is 0.0343. The highest BCUT2D eigenvalue weighted by Crippen LogP contribution is 2.45. The molecule has 250 valence electrons. The van der Waals surface area contributed by atoms with Gasteiger partial charge in [0.25, 0.3) is 5.95 Å². The van der Waals surface area contributed by atoms with Gasteiger partial charge in [-0.1, -0.05) is 12.0 Å². The van der Waals surface area contributed by atoms with E-state index in [1.165, 1.54) is 7.05 Å². The summed E-state index contributed by atoms with van der Waals surface area (Å²) in [5.41, 5.74) is -5.42. The molecule has 46 heavy (non-hydrogen) atoms. The number of ether oxygens (including phenoxy) is 2. The minimum atomic E-state index is -5.15. The van der Waals surface area contributed by atoms with Crippen molar-refractivity contribution < 1.29 is 53.8 Å². The van der Waals surface area contributed by atoms with Crippen LogP contribution in [0.4, 0.5) is 55.9 Å². The lowest BCUT2D eigenvalue weighted by Crippen LogP contribution is -2.49. The zero-order chi connectivity index (χ0) is 33.6. The molecular formula is C27H26F9N7O3. The zero-order valence-corrected chi connectivity index (χ0v) is 24.1. The van der Waals surface area contributed by atoms with Gasteiger partial charge in [-0.15, -0.1) is 5.10 Å². The summed E-state index contributed by atoms with van der Waals surface area (Å²) < 4.78 is 135. The second kappa shape index (κ2) is 12.2. The lowest BCUT2D eigenvalue weighted by atomic mass is 9.91. The SMILES string of the molecule is CCC1CC(N(Cc2cc(C(F)(F)F)cc(C(F)(F)F)c2)c2nnn(C)n2)c2nc(C(F)(F)F)ccc2N1C(=O)OC1CCOC1. The number of aromatic nitrogens is 5. The average Bonchev–Trinajstić information content (AvgIpc) is 3.64. The highest BCUT2D eigenvalue weighted by Gasteiger charge is 2.44. The third-order valence-corrected chi connectivity index (χ3v) is 7.58. The number of tetrazole rings is 1. The molecule has 10 nitrogen and oxygen atoms in total. The highest BCUT2D eigenvalue weighted by atomic mass is 19.4. The van der Waals surface area contributed by atoms with Gasteiger partial charge in [-0.25, -0.2) is 9.78 Å². The lowest BCUT2D eigenvalue weighted by Gasteiger charge is -2.43. The van der Waals surface area contributed by atoms with E-state index in [-0.39, 0.29) is 42.8 Å². The standard InChI is InChI=1S/C27H26F9N7O3/c1-3-17-11-20(22-19(4-5-21(37-22)27(34,35)36)43(17)24(44)46-18-6-7-45-13-18)42(23-38-40-41(2)39-23)12-14-8-15(25(28,29)30)10-16(9-14)26(31,32)33/h4-5,8-10,17-18,20H,3,6-7,11-13H2,1-2H3. The Hall–Kier alpha value is -4.16. The van der Waals surface area contributed by atoms with Gasteiger partial charge in [-0.2, -0.15) is 44.3 Å². The van der Waals surface area contributed by atoms with Crippen molar-refractivity contribution in [1.82, 2.24) is 25.2 Å². The summed E-state index contributed by atoms with van der Waals surface area (Å²) in [4.78, 5) is 20.5. The van der Waals surface area contributed by atoms with Crippen LogP contribution in [-0.4, -0.2) is 56.6 Å². The number of rotatable bonds is 6.